The molecule has 0 saturated heterocycles. The SMILES string of the molecule is CC(C)CNCc1cc(N(C)CC2CC2)ccn1. The summed E-state index contributed by atoms with van der Waals surface area (Å²) in [6.45, 7) is 7.54. The highest BCUT2D eigenvalue weighted by atomic mass is 15.1. The minimum Gasteiger partial charge on any atom is -0.374 e. The van der Waals surface area contributed by atoms with Gasteiger partial charge in [-0.3, -0.25) is 4.98 Å². The molecule has 1 aliphatic carbocycles. The van der Waals surface area contributed by atoms with E-state index < -0.39 is 0 Å². The Balaban J connectivity index is 1.87. The zero-order valence-corrected chi connectivity index (χ0v) is 11.8. The summed E-state index contributed by atoms with van der Waals surface area (Å²) in [6.07, 6.45) is 4.72. The van der Waals surface area contributed by atoms with Gasteiger partial charge in [0.1, 0.15) is 0 Å². The van der Waals surface area contributed by atoms with Crippen molar-refractivity contribution in [1.29, 1.82) is 0 Å². The molecule has 3 nitrogen and oxygen atoms in total. The highest BCUT2D eigenvalue weighted by Gasteiger charge is 2.22. The molecule has 1 saturated carbocycles. The van der Waals surface area contributed by atoms with Crippen LogP contribution >= 0.6 is 0 Å². The first-order valence-electron chi connectivity index (χ1n) is 7.02. The summed E-state index contributed by atoms with van der Waals surface area (Å²) >= 11 is 0. The minimum atomic E-state index is 0.686. The van der Waals surface area contributed by atoms with Gasteiger partial charge in [0.15, 0.2) is 0 Å². The van der Waals surface area contributed by atoms with Gasteiger partial charge in [-0.2, -0.15) is 0 Å². The molecule has 1 heterocycles. The van der Waals surface area contributed by atoms with Gasteiger partial charge in [0.2, 0.25) is 0 Å². The molecule has 0 unspecified atom stereocenters. The topological polar surface area (TPSA) is 28.2 Å². The summed E-state index contributed by atoms with van der Waals surface area (Å²) in [6, 6.07) is 4.31. The van der Waals surface area contributed by atoms with Gasteiger partial charge < -0.3 is 10.2 Å². The molecule has 1 aliphatic rings. The van der Waals surface area contributed by atoms with Gasteiger partial charge in [-0.1, -0.05) is 13.8 Å². The third-order valence-corrected chi connectivity index (χ3v) is 3.33. The minimum absolute atomic E-state index is 0.686. The lowest BCUT2D eigenvalue weighted by molar-refractivity contribution is 0.548. The molecule has 1 aromatic heterocycles. The molecular weight excluding hydrogens is 222 g/mol. The van der Waals surface area contributed by atoms with Crippen molar-refractivity contribution in [2.75, 3.05) is 25.0 Å². The predicted molar refractivity (Wildman–Crippen MR) is 76.8 cm³/mol. The predicted octanol–water partition coefficient (Wildman–Crippen LogP) is 2.67. The van der Waals surface area contributed by atoms with E-state index in [1.807, 2.05) is 6.20 Å². The van der Waals surface area contributed by atoms with Crippen LogP contribution in [0, 0.1) is 11.8 Å². The standard InChI is InChI=1S/C15H25N3/c1-12(2)9-16-10-14-8-15(6-7-17-14)18(3)11-13-4-5-13/h6-8,12-13,16H,4-5,9-11H2,1-3H3. The molecule has 1 N–H and O–H groups in total. The summed E-state index contributed by atoms with van der Waals surface area (Å²) in [4.78, 5) is 6.78. The van der Waals surface area contributed by atoms with Crippen molar-refractivity contribution >= 4 is 5.69 Å². The first-order chi connectivity index (χ1) is 8.65. The first-order valence-corrected chi connectivity index (χ1v) is 7.02. The fourth-order valence-corrected chi connectivity index (χ4v) is 2.08. The van der Waals surface area contributed by atoms with Gasteiger partial charge in [0.05, 0.1) is 5.69 Å². The van der Waals surface area contributed by atoms with Gasteiger partial charge in [-0.15, -0.1) is 0 Å². The van der Waals surface area contributed by atoms with Crippen molar-refractivity contribution in [3.63, 3.8) is 0 Å². The second kappa shape index (κ2) is 6.19. The van der Waals surface area contributed by atoms with Crippen LogP contribution in [0.15, 0.2) is 18.3 Å². The Hall–Kier alpha value is -1.09. The molecule has 0 radical (unpaired) electrons. The van der Waals surface area contributed by atoms with Crippen molar-refractivity contribution in [1.82, 2.24) is 10.3 Å². The summed E-state index contributed by atoms with van der Waals surface area (Å²) in [5, 5.41) is 3.44. The Kier molecular flexibility index (Phi) is 4.59. The summed E-state index contributed by atoms with van der Waals surface area (Å²) < 4.78 is 0. The molecule has 0 amide bonds. The number of hydrogen-bond donors (Lipinski definition) is 1. The monoisotopic (exact) mass is 247 g/mol. The summed E-state index contributed by atoms with van der Waals surface area (Å²) in [5.74, 6) is 1.61. The summed E-state index contributed by atoms with van der Waals surface area (Å²) in [5.41, 5.74) is 2.43. The van der Waals surface area contributed by atoms with Crippen LogP contribution in [-0.2, 0) is 6.54 Å². The summed E-state index contributed by atoms with van der Waals surface area (Å²) in [7, 11) is 2.18. The third-order valence-electron chi connectivity index (χ3n) is 3.33. The van der Waals surface area contributed by atoms with E-state index in [2.05, 4.69) is 48.2 Å². The van der Waals surface area contributed by atoms with E-state index >= 15 is 0 Å². The van der Waals surface area contributed by atoms with Crippen molar-refractivity contribution in [3.05, 3.63) is 24.0 Å². The molecule has 0 spiro atoms. The fraction of sp³-hybridized carbons (Fsp3) is 0.667. The lowest BCUT2D eigenvalue weighted by atomic mass is 10.2. The average molecular weight is 247 g/mol. The maximum Gasteiger partial charge on any atom is 0.0562 e. The highest BCUT2D eigenvalue weighted by Crippen LogP contribution is 2.30. The number of pyridine rings is 1. The Bertz CT molecular complexity index is 372. The van der Waals surface area contributed by atoms with Crippen LogP contribution in [0.25, 0.3) is 0 Å². The average Bonchev–Trinajstić information content (AvgIpc) is 3.13. The third kappa shape index (κ3) is 4.30. The molecule has 0 aromatic carbocycles. The number of nitrogens with zero attached hydrogens (tertiary/aromatic N) is 2. The number of nitrogens with one attached hydrogen (secondary N) is 1. The van der Waals surface area contributed by atoms with Gasteiger partial charge in [-0.05, 0) is 43.4 Å². The smallest absolute Gasteiger partial charge is 0.0562 e. The fourth-order valence-electron chi connectivity index (χ4n) is 2.08. The van der Waals surface area contributed by atoms with E-state index in [1.165, 1.54) is 25.1 Å². The van der Waals surface area contributed by atoms with Crippen molar-refractivity contribution in [3.8, 4) is 0 Å². The normalized spacial score (nSPS) is 15.1. The molecule has 2 rings (SSSR count). The second-order valence-electron chi connectivity index (χ2n) is 5.85. The Labute approximate surface area is 111 Å². The lowest BCUT2D eigenvalue weighted by Crippen LogP contribution is -2.22. The van der Waals surface area contributed by atoms with Crippen LogP contribution in [0.4, 0.5) is 5.69 Å². The lowest BCUT2D eigenvalue weighted by Gasteiger charge is -2.19. The van der Waals surface area contributed by atoms with E-state index in [4.69, 9.17) is 0 Å². The maximum atomic E-state index is 4.42. The number of aromatic nitrogens is 1. The maximum absolute atomic E-state index is 4.42. The quantitative estimate of drug-likeness (QED) is 0.803. The molecule has 0 aliphatic heterocycles. The van der Waals surface area contributed by atoms with E-state index in [0.29, 0.717) is 5.92 Å². The van der Waals surface area contributed by atoms with Gasteiger partial charge in [0.25, 0.3) is 0 Å². The zero-order valence-electron chi connectivity index (χ0n) is 11.8. The van der Waals surface area contributed by atoms with E-state index in [9.17, 15) is 0 Å². The largest absolute Gasteiger partial charge is 0.374 e. The van der Waals surface area contributed by atoms with Crippen LogP contribution in [0.3, 0.4) is 0 Å². The number of anilines is 1. The Morgan fingerprint density at radius 3 is 2.89 bits per heavy atom. The van der Waals surface area contributed by atoms with Crippen molar-refractivity contribution < 1.29 is 0 Å². The molecule has 0 bridgehead atoms. The first kappa shape index (κ1) is 13.3. The zero-order chi connectivity index (χ0) is 13.0. The molecule has 3 heteroatoms. The van der Waals surface area contributed by atoms with Crippen LogP contribution in [-0.4, -0.2) is 25.1 Å². The van der Waals surface area contributed by atoms with Crippen LogP contribution < -0.4 is 10.2 Å². The molecule has 100 valence electrons. The van der Waals surface area contributed by atoms with E-state index in [0.717, 1.165) is 24.7 Å². The van der Waals surface area contributed by atoms with E-state index in [1.54, 1.807) is 0 Å². The highest BCUT2D eigenvalue weighted by molar-refractivity contribution is 5.45. The Morgan fingerprint density at radius 1 is 1.44 bits per heavy atom. The van der Waals surface area contributed by atoms with Gasteiger partial charge in [-0.25, -0.2) is 0 Å². The number of hydrogen-bond acceptors (Lipinski definition) is 3. The molecule has 1 fully saturated rings. The van der Waals surface area contributed by atoms with Crippen LogP contribution in [0.2, 0.25) is 0 Å². The van der Waals surface area contributed by atoms with Gasteiger partial charge >= 0.3 is 0 Å². The molecule has 0 atom stereocenters. The van der Waals surface area contributed by atoms with Crippen LogP contribution in [0.1, 0.15) is 32.4 Å². The second-order valence-corrected chi connectivity index (χ2v) is 5.85. The molecule has 18 heavy (non-hydrogen) atoms. The van der Waals surface area contributed by atoms with Crippen molar-refractivity contribution in [2.45, 2.75) is 33.2 Å². The number of rotatable bonds is 7. The van der Waals surface area contributed by atoms with E-state index in [-0.39, 0.29) is 0 Å². The van der Waals surface area contributed by atoms with Crippen molar-refractivity contribution in [2.24, 2.45) is 11.8 Å². The molecular formula is C15H25N3. The molecule has 1 aromatic rings. The van der Waals surface area contributed by atoms with Crippen LogP contribution in [0.5, 0.6) is 0 Å². The van der Waals surface area contributed by atoms with Gasteiger partial charge in [0, 0.05) is 32.0 Å². The Morgan fingerprint density at radius 2 is 2.22 bits per heavy atom.